The molecule has 1 N–H and O–H groups in total. The van der Waals surface area contributed by atoms with Crippen molar-refractivity contribution < 1.29 is 9.90 Å². The molecule has 3 heteroatoms. The van der Waals surface area contributed by atoms with E-state index in [9.17, 15) is 9.90 Å². The zero-order chi connectivity index (χ0) is 16.6. The first kappa shape index (κ1) is 15.5. The molecule has 3 aromatic rings. The van der Waals surface area contributed by atoms with Crippen LogP contribution in [0.15, 0.2) is 54.6 Å². The third-order valence-electron chi connectivity index (χ3n) is 4.20. The molecule has 0 saturated carbocycles. The van der Waals surface area contributed by atoms with Gasteiger partial charge < -0.3 is 5.11 Å². The van der Waals surface area contributed by atoms with Gasteiger partial charge in [0, 0.05) is 11.1 Å². The number of hydrogen-bond acceptors (Lipinski definition) is 2. The van der Waals surface area contributed by atoms with Gasteiger partial charge in [0.1, 0.15) is 5.75 Å². The molecule has 23 heavy (non-hydrogen) atoms. The second kappa shape index (κ2) is 5.67. The Balaban J connectivity index is 2.22. The predicted molar refractivity (Wildman–Crippen MR) is 99.4 cm³/mol. The summed E-state index contributed by atoms with van der Waals surface area (Å²) in [6.07, 6.45) is 0.789. The summed E-state index contributed by atoms with van der Waals surface area (Å²) in [5, 5.41) is 13.9. The van der Waals surface area contributed by atoms with Gasteiger partial charge in [-0.3, -0.25) is 4.79 Å². The molecule has 3 rings (SSSR count). The van der Waals surface area contributed by atoms with Crippen molar-refractivity contribution in [2.75, 3.05) is 0 Å². The smallest absolute Gasteiger partial charge is 0.150 e. The van der Waals surface area contributed by atoms with Crippen LogP contribution in [0.2, 0.25) is 19.6 Å². The van der Waals surface area contributed by atoms with E-state index in [0.29, 0.717) is 11.1 Å². The average molecular weight is 320 g/mol. The first-order valence-corrected chi connectivity index (χ1v) is 11.2. The minimum atomic E-state index is -1.38. The fourth-order valence-corrected chi connectivity index (χ4v) is 4.01. The molecular weight excluding hydrogens is 300 g/mol. The Kier molecular flexibility index (Phi) is 3.82. The third kappa shape index (κ3) is 2.92. The minimum Gasteiger partial charge on any atom is -0.507 e. The summed E-state index contributed by atoms with van der Waals surface area (Å²) in [6.45, 7) is 6.97. The zero-order valence-electron chi connectivity index (χ0n) is 13.6. The summed E-state index contributed by atoms with van der Waals surface area (Å²) in [5.74, 6) is 0.135. The van der Waals surface area contributed by atoms with Crippen molar-refractivity contribution in [3.8, 4) is 16.9 Å². The van der Waals surface area contributed by atoms with Crippen molar-refractivity contribution in [3.63, 3.8) is 0 Å². The largest absolute Gasteiger partial charge is 0.507 e. The third-order valence-corrected chi connectivity index (χ3v) is 6.24. The van der Waals surface area contributed by atoms with Gasteiger partial charge in [0.05, 0.1) is 8.07 Å². The van der Waals surface area contributed by atoms with Gasteiger partial charge in [0.15, 0.2) is 6.29 Å². The van der Waals surface area contributed by atoms with Crippen molar-refractivity contribution in [2.45, 2.75) is 19.6 Å². The lowest BCUT2D eigenvalue weighted by molar-refractivity contribution is 0.112. The Morgan fingerprint density at radius 3 is 2.35 bits per heavy atom. The molecule has 0 saturated heterocycles. The fourth-order valence-electron chi connectivity index (χ4n) is 2.84. The van der Waals surface area contributed by atoms with E-state index < -0.39 is 8.07 Å². The van der Waals surface area contributed by atoms with Gasteiger partial charge in [-0.05, 0) is 28.5 Å². The van der Waals surface area contributed by atoms with Crippen LogP contribution in [0.3, 0.4) is 0 Å². The van der Waals surface area contributed by atoms with Gasteiger partial charge in [-0.2, -0.15) is 0 Å². The van der Waals surface area contributed by atoms with E-state index in [2.05, 4.69) is 43.9 Å². The summed E-state index contributed by atoms with van der Waals surface area (Å²) in [5.41, 5.74) is 1.97. The van der Waals surface area contributed by atoms with Crippen LogP contribution in [0.1, 0.15) is 10.4 Å². The summed E-state index contributed by atoms with van der Waals surface area (Å²) in [4.78, 5) is 11.3. The summed E-state index contributed by atoms with van der Waals surface area (Å²) >= 11 is 0. The summed E-state index contributed by atoms with van der Waals surface area (Å²) < 4.78 is 0. The van der Waals surface area contributed by atoms with Crippen LogP contribution >= 0.6 is 0 Å². The number of phenolic OH excluding ortho intramolecular Hbond substituents is 1. The Labute approximate surface area is 137 Å². The van der Waals surface area contributed by atoms with Crippen LogP contribution in [0, 0.1) is 0 Å². The summed E-state index contributed by atoms with van der Waals surface area (Å²) in [7, 11) is -1.38. The van der Waals surface area contributed by atoms with Crippen LogP contribution in [0.4, 0.5) is 0 Å². The molecule has 0 radical (unpaired) electrons. The number of aldehydes is 1. The fraction of sp³-hybridized carbons (Fsp3) is 0.150. The van der Waals surface area contributed by atoms with Gasteiger partial charge in [0.25, 0.3) is 0 Å². The van der Waals surface area contributed by atoms with Crippen molar-refractivity contribution in [2.24, 2.45) is 0 Å². The molecule has 2 nitrogen and oxygen atoms in total. The number of hydrogen-bond donors (Lipinski definition) is 1. The number of carbonyl (C=O) groups is 1. The van der Waals surface area contributed by atoms with Gasteiger partial charge >= 0.3 is 0 Å². The van der Waals surface area contributed by atoms with Crippen LogP contribution in [-0.2, 0) is 0 Å². The molecule has 0 bridgehead atoms. The number of phenols is 1. The molecule has 0 aliphatic heterocycles. The van der Waals surface area contributed by atoms with E-state index in [4.69, 9.17) is 0 Å². The van der Waals surface area contributed by atoms with E-state index in [-0.39, 0.29) is 5.75 Å². The van der Waals surface area contributed by atoms with E-state index >= 15 is 0 Å². The van der Waals surface area contributed by atoms with Gasteiger partial charge in [-0.15, -0.1) is 0 Å². The van der Waals surface area contributed by atoms with E-state index in [1.807, 2.05) is 12.1 Å². The molecule has 0 amide bonds. The van der Waals surface area contributed by atoms with E-state index in [0.717, 1.165) is 17.2 Å². The van der Waals surface area contributed by atoms with Crippen LogP contribution in [0.5, 0.6) is 5.75 Å². The van der Waals surface area contributed by atoms with E-state index in [1.165, 1.54) is 10.6 Å². The SMILES string of the molecule is C[Si](C)(C)c1ccc2ccc(-c3c(O)cccc3C=O)cc2c1. The van der Waals surface area contributed by atoms with E-state index in [1.54, 1.807) is 18.2 Å². The maximum absolute atomic E-state index is 11.3. The highest BCUT2D eigenvalue weighted by Gasteiger charge is 2.17. The molecule has 3 aromatic carbocycles. The normalized spacial score (nSPS) is 11.6. The molecule has 0 atom stereocenters. The van der Waals surface area contributed by atoms with Crippen molar-refractivity contribution in [1.82, 2.24) is 0 Å². The maximum atomic E-state index is 11.3. The Bertz CT molecular complexity index is 892. The highest BCUT2D eigenvalue weighted by atomic mass is 28.3. The lowest BCUT2D eigenvalue weighted by Crippen LogP contribution is -2.37. The molecule has 0 fully saturated rings. The molecule has 0 aliphatic carbocycles. The number of carbonyl (C=O) groups excluding carboxylic acids is 1. The standard InChI is InChI=1S/C20H20O2Si/c1-23(2,3)18-10-9-14-7-8-15(11-17(14)12-18)20-16(13-21)5-4-6-19(20)22/h4-13,22H,1-3H3. The predicted octanol–water partition coefficient (Wildman–Crippen LogP) is 4.57. The van der Waals surface area contributed by atoms with Gasteiger partial charge in [0.2, 0.25) is 0 Å². The Hall–Kier alpha value is -2.39. The number of rotatable bonds is 3. The number of benzene rings is 3. The van der Waals surface area contributed by atoms with Gasteiger partial charge in [-0.25, -0.2) is 0 Å². The summed E-state index contributed by atoms with van der Waals surface area (Å²) in [6, 6.07) is 17.7. The monoisotopic (exact) mass is 320 g/mol. The van der Waals surface area contributed by atoms with Crippen LogP contribution in [0.25, 0.3) is 21.9 Å². The maximum Gasteiger partial charge on any atom is 0.150 e. The quantitative estimate of drug-likeness (QED) is 0.567. The van der Waals surface area contributed by atoms with Crippen LogP contribution < -0.4 is 5.19 Å². The first-order valence-electron chi connectivity index (χ1n) is 7.72. The lowest BCUT2D eigenvalue weighted by Gasteiger charge is -2.17. The van der Waals surface area contributed by atoms with Crippen molar-refractivity contribution in [1.29, 1.82) is 0 Å². The molecular formula is C20H20O2Si. The highest BCUT2D eigenvalue weighted by Crippen LogP contribution is 2.33. The molecule has 0 heterocycles. The second-order valence-electron chi connectivity index (χ2n) is 6.89. The average Bonchev–Trinajstić information content (AvgIpc) is 2.52. The topological polar surface area (TPSA) is 37.3 Å². The Morgan fingerprint density at radius 1 is 0.913 bits per heavy atom. The molecule has 0 aliphatic rings. The zero-order valence-corrected chi connectivity index (χ0v) is 14.6. The molecule has 0 aromatic heterocycles. The lowest BCUT2D eigenvalue weighted by atomic mass is 9.97. The van der Waals surface area contributed by atoms with Gasteiger partial charge in [-0.1, -0.05) is 67.3 Å². The number of fused-ring (bicyclic) bond motifs is 1. The molecule has 116 valence electrons. The first-order chi connectivity index (χ1) is 10.9. The highest BCUT2D eigenvalue weighted by molar-refractivity contribution is 6.88. The molecule has 0 unspecified atom stereocenters. The number of aromatic hydroxyl groups is 1. The Morgan fingerprint density at radius 2 is 1.65 bits per heavy atom. The second-order valence-corrected chi connectivity index (χ2v) is 12.0. The van der Waals surface area contributed by atoms with Crippen LogP contribution in [-0.4, -0.2) is 19.5 Å². The molecule has 0 spiro atoms. The van der Waals surface area contributed by atoms with Crippen molar-refractivity contribution >= 4 is 30.3 Å². The van der Waals surface area contributed by atoms with Crippen molar-refractivity contribution in [3.05, 3.63) is 60.2 Å². The minimum absolute atomic E-state index is 0.135.